The third-order valence-corrected chi connectivity index (χ3v) is 3.60. The fourth-order valence-electron chi connectivity index (χ4n) is 3.05. The largest absolute Gasteiger partial charge is 0.307 e. The molecule has 2 nitrogen and oxygen atoms in total. The molecule has 0 radical (unpaired) electrons. The Morgan fingerprint density at radius 2 is 2.27 bits per heavy atom. The van der Waals surface area contributed by atoms with E-state index in [-0.39, 0.29) is 0 Å². The smallest absolute Gasteiger partial charge is 0.0478 e. The van der Waals surface area contributed by atoms with E-state index >= 15 is 0 Å². The second-order valence-electron chi connectivity index (χ2n) is 4.08. The standard InChI is InChI=1S/C9H14N2/c1-2-6-7(3-1)9-5-4-8(6)10-11-9/h6-8,10H,1-5H2. The van der Waals surface area contributed by atoms with Gasteiger partial charge < -0.3 is 5.43 Å². The van der Waals surface area contributed by atoms with Crippen molar-refractivity contribution in [1.82, 2.24) is 5.43 Å². The summed E-state index contributed by atoms with van der Waals surface area (Å²) in [6, 6.07) is 0.736. The topological polar surface area (TPSA) is 24.4 Å². The predicted octanol–water partition coefficient (Wildman–Crippen LogP) is 1.52. The summed E-state index contributed by atoms with van der Waals surface area (Å²) in [5, 5.41) is 4.41. The molecule has 2 aliphatic heterocycles. The van der Waals surface area contributed by atoms with E-state index in [0.29, 0.717) is 0 Å². The zero-order chi connectivity index (χ0) is 7.26. The van der Waals surface area contributed by atoms with Gasteiger partial charge in [0.2, 0.25) is 0 Å². The second kappa shape index (κ2) is 1.99. The summed E-state index contributed by atoms with van der Waals surface area (Å²) in [6.07, 6.45) is 6.93. The SMILES string of the molecule is C1CC2C3=NNC(CC3)C2C1. The van der Waals surface area contributed by atoms with Gasteiger partial charge in [-0.05, 0) is 31.6 Å². The Balaban J connectivity index is 1.99. The molecule has 2 bridgehead atoms. The maximum atomic E-state index is 4.41. The first-order chi connectivity index (χ1) is 5.45. The Morgan fingerprint density at radius 3 is 3.00 bits per heavy atom. The molecule has 1 N–H and O–H groups in total. The Bertz CT molecular complexity index is 210. The molecule has 60 valence electrons. The summed E-state index contributed by atoms with van der Waals surface area (Å²) in [5.41, 5.74) is 4.76. The van der Waals surface area contributed by atoms with Crippen molar-refractivity contribution in [3.63, 3.8) is 0 Å². The highest BCUT2D eigenvalue weighted by Crippen LogP contribution is 2.42. The van der Waals surface area contributed by atoms with Gasteiger partial charge in [0.15, 0.2) is 0 Å². The van der Waals surface area contributed by atoms with E-state index < -0.39 is 0 Å². The van der Waals surface area contributed by atoms with E-state index in [1.807, 2.05) is 0 Å². The van der Waals surface area contributed by atoms with Gasteiger partial charge in [0.25, 0.3) is 0 Å². The molecule has 0 aromatic carbocycles. The lowest BCUT2D eigenvalue weighted by Gasteiger charge is -2.39. The molecule has 2 saturated carbocycles. The van der Waals surface area contributed by atoms with Crippen LogP contribution in [-0.4, -0.2) is 11.8 Å². The average molecular weight is 150 g/mol. The van der Waals surface area contributed by atoms with Crippen molar-refractivity contribution in [2.75, 3.05) is 0 Å². The molecule has 0 spiro atoms. The average Bonchev–Trinajstić information content (AvgIpc) is 2.55. The van der Waals surface area contributed by atoms with Crippen molar-refractivity contribution in [2.24, 2.45) is 16.9 Å². The van der Waals surface area contributed by atoms with Crippen LogP contribution in [0.1, 0.15) is 32.1 Å². The lowest BCUT2D eigenvalue weighted by atomic mass is 9.76. The van der Waals surface area contributed by atoms with E-state index in [1.54, 1.807) is 0 Å². The van der Waals surface area contributed by atoms with E-state index in [1.165, 1.54) is 37.8 Å². The molecule has 0 aromatic heterocycles. The molecule has 2 heteroatoms. The summed E-state index contributed by atoms with van der Waals surface area (Å²) in [6.45, 7) is 0. The first-order valence-corrected chi connectivity index (χ1v) is 4.77. The van der Waals surface area contributed by atoms with E-state index in [9.17, 15) is 0 Å². The minimum atomic E-state index is 0.736. The van der Waals surface area contributed by atoms with Crippen LogP contribution >= 0.6 is 0 Å². The zero-order valence-corrected chi connectivity index (χ0v) is 6.71. The molecule has 4 rings (SSSR count). The van der Waals surface area contributed by atoms with Gasteiger partial charge in [0.05, 0.1) is 0 Å². The van der Waals surface area contributed by atoms with Crippen molar-refractivity contribution in [2.45, 2.75) is 38.1 Å². The van der Waals surface area contributed by atoms with Gasteiger partial charge in [-0.15, -0.1) is 0 Å². The molecular formula is C9H14N2. The van der Waals surface area contributed by atoms with Gasteiger partial charge in [0.1, 0.15) is 0 Å². The van der Waals surface area contributed by atoms with Crippen LogP contribution in [0.4, 0.5) is 0 Å². The number of fused-ring (bicyclic) bond motifs is 2. The quantitative estimate of drug-likeness (QED) is 0.556. The fourth-order valence-corrected chi connectivity index (χ4v) is 3.05. The normalized spacial score (nSPS) is 46.5. The minimum absolute atomic E-state index is 0.736. The summed E-state index contributed by atoms with van der Waals surface area (Å²) in [5.74, 6) is 1.84. The monoisotopic (exact) mass is 150 g/mol. The molecule has 11 heavy (non-hydrogen) atoms. The summed E-state index contributed by atoms with van der Waals surface area (Å²) < 4.78 is 0. The fraction of sp³-hybridized carbons (Fsp3) is 0.889. The van der Waals surface area contributed by atoms with Crippen LogP contribution in [0.15, 0.2) is 5.10 Å². The van der Waals surface area contributed by atoms with Crippen molar-refractivity contribution < 1.29 is 0 Å². The van der Waals surface area contributed by atoms with Crippen LogP contribution in [0.3, 0.4) is 0 Å². The van der Waals surface area contributed by atoms with Crippen LogP contribution < -0.4 is 5.43 Å². The first kappa shape index (κ1) is 6.04. The number of nitrogens with one attached hydrogen (secondary N) is 1. The summed E-state index contributed by atoms with van der Waals surface area (Å²) >= 11 is 0. The van der Waals surface area contributed by atoms with Gasteiger partial charge in [-0.3, -0.25) is 0 Å². The van der Waals surface area contributed by atoms with Gasteiger partial charge in [-0.2, -0.15) is 5.10 Å². The van der Waals surface area contributed by atoms with E-state index in [2.05, 4.69) is 10.5 Å². The molecule has 2 aliphatic carbocycles. The van der Waals surface area contributed by atoms with E-state index in [0.717, 1.165) is 17.9 Å². The number of hydrogen-bond acceptors (Lipinski definition) is 2. The van der Waals surface area contributed by atoms with Crippen molar-refractivity contribution >= 4 is 5.71 Å². The lowest BCUT2D eigenvalue weighted by Crippen LogP contribution is -2.47. The highest BCUT2D eigenvalue weighted by Gasteiger charge is 2.42. The van der Waals surface area contributed by atoms with Crippen LogP contribution in [0.2, 0.25) is 0 Å². The second-order valence-corrected chi connectivity index (χ2v) is 4.08. The predicted molar refractivity (Wildman–Crippen MR) is 44.4 cm³/mol. The van der Waals surface area contributed by atoms with Gasteiger partial charge in [-0.25, -0.2) is 0 Å². The zero-order valence-electron chi connectivity index (χ0n) is 6.71. The van der Waals surface area contributed by atoms with Crippen LogP contribution in [0.25, 0.3) is 0 Å². The summed E-state index contributed by atoms with van der Waals surface area (Å²) in [4.78, 5) is 0. The Labute approximate surface area is 67.1 Å². The maximum absolute atomic E-state index is 4.41. The Kier molecular flexibility index (Phi) is 1.09. The molecule has 0 saturated heterocycles. The Morgan fingerprint density at radius 1 is 1.27 bits per heavy atom. The highest BCUT2D eigenvalue weighted by atomic mass is 15.3. The number of rotatable bonds is 0. The molecule has 3 atom stereocenters. The molecule has 2 fully saturated rings. The lowest BCUT2D eigenvalue weighted by molar-refractivity contribution is 0.267. The third-order valence-electron chi connectivity index (χ3n) is 3.60. The van der Waals surface area contributed by atoms with Crippen molar-refractivity contribution in [3.05, 3.63) is 0 Å². The Hall–Kier alpha value is -0.530. The molecule has 3 unspecified atom stereocenters. The van der Waals surface area contributed by atoms with Gasteiger partial charge in [0, 0.05) is 17.7 Å². The highest BCUT2D eigenvalue weighted by molar-refractivity contribution is 5.89. The number of nitrogens with zero attached hydrogens (tertiary/aromatic N) is 1. The summed E-state index contributed by atoms with van der Waals surface area (Å²) in [7, 11) is 0. The molecule has 2 heterocycles. The molecule has 0 amide bonds. The number of hydrogen-bond donors (Lipinski definition) is 1. The maximum Gasteiger partial charge on any atom is 0.0478 e. The first-order valence-electron chi connectivity index (χ1n) is 4.77. The van der Waals surface area contributed by atoms with Gasteiger partial charge >= 0.3 is 0 Å². The minimum Gasteiger partial charge on any atom is -0.307 e. The number of hydrazone groups is 1. The van der Waals surface area contributed by atoms with Crippen LogP contribution in [0, 0.1) is 11.8 Å². The van der Waals surface area contributed by atoms with Crippen molar-refractivity contribution in [3.8, 4) is 0 Å². The van der Waals surface area contributed by atoms with Crippen LogP contribution in [-0.2, 0) is 0 Å². The third kappa shape index (κ3) is 0.700. The molecule has 0 aromatic rings. The van der Waals surface area contributed by atoms with Gasteiger partial charge in [-0.1, -0.05) is 6.42 Å². The van der Waals surface area contributed by atoms with Crippen LogP contribution in [0.5, 0.6) is 0 Å². The molecule has 4 aliphatic rings. The molecular weight excluding hydrogens is 136 g/mol. The van der Waals surface area contributed by atoms with Crippen molar-refractivity contribution in [1.29, 1.82) is 0 Å². The van der Waals surface area contributed by atoms with E-state index in [4.69, 9.17) is 0 Å².